The number of carbonyl (C=O) groups is 1. The van der Waals surface area contributed by atoms with E-state index in [2.05, 4.69) is 26.7 Å². The molecule has 0 saturated carbocycles. The summed E-state index contributed by atoms with van der Waals surface area (Å²) in [6.45, 7) is 1.69. The highest BCUT2D eigenvalue weighted by Crippen LogP contribution is 2.18. The first kappa shape index (κ1) is 18.6. The molecule has 1 aliphatic heterocycles. The van der Waals surface area contributed by atoms with Crippen molar-refractivity contribution in [2.75, 3.05) is 18.0 Å². The summed E-state index contributed by atoms with van der Waals surface area (Å²) in [5.41, 5.74) is 3.65. The van der Waals surface area contributed by atoms with Crippen molar-refractivity contribution in [1.82, 2.24) is 15.8 Å². The van der Waals surface area contributed by atoms with Gasteiger partial charge in [0.05, 0.1) is 12.2 Å². The van der Waals surface area contributed by atoms with Crippen molar-refractivity contribution in [2.24, 2.45) is 0 Å². The Hall–Kier alpha value is -3.18. The fraction of sp³-hybridized carbons (Fsp3) is 0.316. The molecule has 140 valence electrons. The predicted molar refractivity (Wildman–Crippen MR) is 97.0 cm³/mol. The fourth-order valence-corrected chi connectivity index (χ4v) is 2.87. The van der Waals surface area contributed by atoms with E-state index in [0.717, 1.165) is 37.3 Å². The van der Waals surface area contributed by atoms with Crippen LogP contribution in [0.2, 0.25) is 0 Å². The third-order valence-corrected chi connectivity index (χ3v) is 4.35. The average molecular weight is 369 g/mol. The molecule has 1 aliphatic rings. The predicted octanol–water partition coefficient (Wildman–Crippen LogP) is 2.49. The topological polar surface area (TPSA) is 90.3 Å². The number of hydrogen-bond donors (Lipinski definition) is 2. The van der Waals surface area contributed by atoms with E-state index < -0.39 is 6.03 Å². The van der Waals surface area contributed by atoms with Gasteiger partial charge in [0.1, 0.15) is 17.7 Å². The Bertz CT molecular complexity index is 796. The van der Waals surface area contributed by atoms with Crippen LogP contribution in [0.5, 0.6) is 0 Å². The molecule has 1 aromatic heterocycles. The number of benzene rings is 1. The van der Waals surface area contributed by atoms with Crippen LogP contribution in [-0.4, -0.2) is 30.1 Å². The van der Waals surface area contributed by atoms with Crippen molar-refractivity contribution in [3.05, 3.63) is 59.5 Å². The van der Waals surface area contributed by atoms with Gasteiger partial charge in [-0.2, -0.15) is 5.26 Å². The Morgan fingerprint density at radius 3 is 2.63 bits per heavy atom. The number of anilines is 1. The van der Waals surface area contributed by atoms with Crippen molar-refractivity contribution in [3.63, 3.8) is 0 Å². The molecular weight excluding hydrogens is 349 g/mol. The molecule has 1 saturated heterocycles. The lowest BCUT2D eigenvalue weighted by Crippen LogP contribution is -2.48. The van der Waals surface area contributed by atoms with E-state index in [1.165, 1.54) is 12.1 Å². The minimum Gasteiger partial charge on any atom is -0.356 e. The number of pyridine rings is 1. The van der Waals surface area contributed by atoms with Gasteiger partial charge >= 0.3 is 6.03 Å². The molecule has 27 heavy (non-hydrogen) atoms. The second kappa shape index (κ2) is 8.96. The summed E-state index contributed by atoms with van der Waals surface area (Å²) in [7, 11) is 0. The quantitative estimate of drug-likeness (QED) is 0.791. The Labute approximate surface area is 156 Å². The first-order chi connectivity index (χ1) is 13.1. The van der Waals surface area contributed by atoms with E-state index in [1.807, 2.05) is 6.07 Å². The zero-order chi connectivity index (χ0) is 19.1. The van der Waals surface area contributed by atoms with Crippen molar-refractivity contribution in [3.8, 4) is 6.07 Å². The minimum absolute atomic E-state index is 0.0500. The monoisotopic (exact) mass is 369 g/mol. The van der Waals surface area contributed by atoms with Crippen LogP contribution in [0.4, 0.5) is 15.0 Å². The standard InChI is InChI=1S/C19H20FN5O2/c20-16-4-1-14(2-5-16)13-27-24-19(26)23-17-7-9-25(10-8-17)18-6-3-15(11-21)12-22-18/h1-6,12,17H,7-10,13H2,(H2,23,24,26). The molecule has 3 rings (SSSR count). The van der Waals surface area contributed by atoms with Crippen LogP contribution in [0.3, 0.4) is 0 Å². The Balaban J connectivity index is 1.37. The van der Waals surface area contributed by atoms with Gasteiger partial charge < -0.3 is 10.2 Å². The summed E-state index contributed by atoms with van der Waals surface area (Å²) in [6, 6.07) is 11.2. The molecule has 2 N–H and O–H groups in total. The van der Waals surface area contributed by atoms with Crippen LogP contribution >= 0.6 is 0 Å². The molecule has 1 aromatic carbocycles. The summed E-state index contributed by atoms with van der Waals surface area (Å²) in [5.74, 6) is 0.520. The third kappa shape index (κ3) is 5.39. The number of rotatable bonds is 5. The molecule has 0 spiro atoms. The number of carbonyl (C=O) groups excluding carboxylic acids is 1. The normalized spacial score (nSPS) is 14.4. The van der Waals surface area contributed by atoms with Crippen LogP contribution < -0.4 is 15.7 Å². The molecule has 2 heterocycles. The van der Waals surface area contributed by atoms with Crippen LogP contribution in [-0.2, 0) is 11.4 Å². The number of aromatic nitrogens is 1. The molecule has 0 atom stereocenters. The maximum Gasteiger partial charge on any atom is 0.338 e. The first-order valence-corrected chi connectivity index (χ1v) is 8.68. The van der Waals surface area contributed by atoms with Gasteiger partial charge in [-0.1, -0.05) is 12.1 Å². The van der Waals surface area contributed by atoms with E-state index in [0.29, 0.717) is 5.56 Å². The maximum absolute atomic E-state index is 12.8. The van der Waals surface area contributed by atoms with Gasteiger partial charge in [0.2, 0.25) is 0 Å². The Morgan fingerprint density at radius 2 is 2.00 bits per heavy atom. The van der Waals surface area contributed by atoms with Crippen LogP contribution in [0, 0.1) is 17.1 Å². The summed E-state index contributed by atoms with van der Waals surface area (Å²) in [6.07, 6.45) is 3.13. The van der Waals surface area contributed by atoms with E-state index in [-0.39, 0.29) is 18.5 Å². The molecule has 8 heteroatoms. The Kier molecular flexibility index (Phi) is 6.18. The van der Waals surface area contributed by atoms with Gasteiger partial charge in [-0.15, -0.1) is 0 Å². The average Bonchev–Trinajstić information content (AvgIpc) is 2.70. The van der Waals surface area contributed by atoms with Crippen molar-refractivity contribution in [1.29, 1.82) is 5.26 Å². The minimum atomic E-state index is -0.396. The zero-order valence-electron chi connectivity index (χ0n) is 14.7. The first-order valence-electron chi connectivity index (χ1n) is 8.68. The fourth-order valence-electron chi connectivity index (χ4n) is 2.87. The SMILES string of the molecule is N#Cc1ccc(N2CCC(NC(=O)NOCc3ccc(F)cc3)CC2)nc1. The molecule has 0 radical (unpaired) electrons. The van der Waals surface area contributed by atoms with Crippen molar-refractivity contribution >= 4 is 11.8 Å². The highest BCUT2D eigenvalue weighted by Gasteiger charge is 2.21. The smallest absolute Gasteiger partial charge is 0.338 e. The lowest BCUT2D eigenvalue weighted by molar-refractivity contribution is 0.0478. The van der Waals surface area contributed by atoms with Crippen LogP contribution in [0.15, 0.2) is 42.6 Å². The highest BCUT2D eigenvalue weighted by atomic mass is 19.1. The van der Waals surface area contributed by atoms with Gasteiger partial charge in [0, 0.05) is 25.3 Å². The van der Waals surface area contributed by atoms with Crippen molar-refractivity contribution in [2.45, 2.75) is 25.5 Å². The second-order valence-electron chi connectivity index (χ2n) is 6.27. The van der Waals surface area contributed by atoms with E-state index in [9.17, 15) is 9.18 Å². The number of hydrogen-bond acceptors (Lipinski definition) is 5. The highest BCUT2D eigenvalue weighted by molar-refractivity contribution is 5.73. The summed E-state index contributed by atoms with van der Waals surface area (Å²) < 4.78 is 12.8. The van der Waals surface area contributed by atoms with Gasteiger partial charge in [-0.05, 0) is 42.7 Å². The summed E-state index contributed by atoms with van der Waals surface area (Å²) in [5, 5.41) is 11.7. The molecule has 2 aromatic rings. The molecule has 7 nitrogen and oxygen atoms in total. The second-order valence-corrected chi connectivity index (χ2v) is 6.27. The van der Waals surface area contributed by atoms with Gasteiger partial charge in [-0.25, -0.2) is 19.6 Å². The van der Waals surface area contributed by atoms with Gasteiger partial charge in [0.25, 0.3) is 0 Å². The van der Waals surface area contributed by atoms with Crippen LogP contribution in [0.1, 0.15) is 24.0 Å². The van der Waals surface area contributed by atoms with Crippen LogP contribution in [0.25, 0.3) is 0 Å². The molecular formula is C19H20FN5O2. The van der Waals surface area contributed by atoms with Crippen molar-refractivity contribution < 1.29 is 14.0 Å². The lowest BCUT2D eigenvalue weighted by Gasteiger charge is -2.33. The molecule has 0 bridgehead atoms. The van der Waals surface area contributed by atoms with E-state index in [4.69, 9.17) is 10.1 Å². The number of piperidine rings is 1. The lowest BCUT2D eigenvalue weighted by atomic mass is 10.1. The van der Waals surface area contributed by atoms with Gasteiger partial charge in [0.15, 0.2) is 0 Å². The van der Waals surface area contributed by atoms with E-state index in [1.54, 1.807) is 24.4 Å². The maximum atomic E-state index is 12.8. The number of amides is 2. The third-order valence-electron chi connectivity index (χ3n) is 4.35. The number of urea groups is 1. The molecule has 0 aliphatic carbocycles. The zero-order valence-corrected chi connectivity index (χ0v) is 14.7. The van der Waals surface area contributed by atoms with Gasteiger partial charge in [-0.3, -0.25) is 4.84 Å². The molecule has 1 fully saturated rings. The largest absolute Gasteiger partial charge is 0.356 e. The number of halogens is 1. The number of nitriles is 1. The number of nitrogens with zero attached hydrogens (tertiary/aromatic N) is 3. The van der Waals surface area contributed by atoms with E-state index >= 15 is 0 Å². The Morgan fingerprint density at radius 1 is 1.26 bits per heavy atom. The molecule has 2 amide bonds. The number of nitrogens with one attached hydrogen (secondary N) is 2. The summed E-state index contributed by atoms with van der Waals surface area (Å²) in [4.78, 5) is 23.5. The number of hydroxylamine groups is 1. The molecule has 0 unspecified atom stereocenters. The summed E-state index contributed by atoms with van der Waals surface area (Å²) >= 11 is 0.